The molecule has 130 valence electrons. The molecule has 0 atom stereocenters. The van der Waals surface area contributed by atoms with E-state index in [1.165, 1.54) is 4.90 Å². The first-order valence-electron chi connectivity index (χ1n) is 8.18. The van der Waals surface area contributed by atoms with Crippen LogP contribution < -0.4 is 14.4 Å². The van der Waals surface area contributed by atoms with Crippen molar-refractivity contribution in [2.24, 2.45) is 0 Å². The van der Waals surface area contributed by atoms with Crippen molar-refractivity contribution in [3.63, 3.8) is 0 Å². The predicted octanol–water partition coefficient (Wildman–Crippen LogP) is 3.48. The first-order valence-corrected chi connectivity index (χ1v) is 8.18. The third-order valence-electron chi connectivity index (χ3n) is 4.13. The number of carbonyl (C=O) groups excluding carboxylic acids is 1. The molecular weight excluding hydrogens is 316 g/mol. The van der Waals surface area contributed by atoms with Crippen molar-refractivity contribution in [2.75, 3.05) is 18.6 Å². The number of ether oxygens (including phenoxy) is 2. The molecule has 0 radical (unpaired) electrons. The van der Waals surface area contributed by atoms with Crippen LogP contribution in [0.25, 0.3) is 6.08 Å². The Morgan fingerprint density at radius 2 is 2.20 bits per heavy atom. The van der Waals surface area contributed by atoms with Crippen LogP contribution in [0.3, 0.4) is 0 Å². The molecule has 1 aromatic heterocycles. The highest BCUT2D eigenvalue weighted by atomic mass is 16.5. The van der Waals surface area contributed by atoms with E-state index in [9.17, 15) is 4.79 Å². The van der Waals surface area contributed by atoms with Gasteiger partial charge in [-0.2, -0.15) is 0 Å². The molecule has 0 N–H and O–H groups in total. The largest absolute Gasteiger partial charge is 0.483 e. The van der Waals surface area contributed by atoms with Crippen molar-refractivity contribution >= 4 is 17.8 Å². The fourth-order valence-corrected chi connectivity index (χ4v) is 2.78. The summed E-state index contributed by atoms with van der Waals surface area (Å²) in [5.74, 6) is 1.71. The van der Waals surface area contributed by atoms with Crippen LogP contribution in [0.1, 0.15) is 25.0 Å². The molecule has 0 bridgehead atoms. The number of pyridine rings is 1. The van der Waals surface area contributed by atoms with Gasteiger partial charge < -0.3 is 9.47 Å². The molecule has 25 heavy (non-hydrogen) atoms. The number of nitrogens with zero attached hydrogens (tertiary/aromatic N) is 2. The molecule has 3 rings (SSSR count). The van der Waals surface area contributed by atoms with Gasteiger partial charge in [-0.05, 0) is 37.6 Å². The first kappa shape index (κ1) is 17.0. The molecule has 0 aliphatic carbocycles. The Balaban J connectivity index is 1.67. The average molecular weight is 338 g/mol. The Hall–Kier alpha value is -2.82. The van der Waals surface area contributed by atoms with Crippen molar-refractivity contribution in [3.8, 4) is 11.5 Å². The van der Waals surface area contributed by atoms with E-state index in [0.29, 0.717) is 11.6 Å². The second-order valence-electron chi connectivity index (χ2n) is 6.68. The van der Waals surface area contributed by atoms with Crippen LogP contribution in [0.15, 0.2) is 43.1 Å². The molecule has 1 aliphatic rings. The van der Waals surface area contributed by atoms with E-state index < -0.39 is 0 Å². The number of amides is 1. The Labute approximate surface area is 147 Å². The summed E-state index contributed by atoms with van der Waals surface area (Å²) in [5, 5.41) is 0. The molecule has 5 heteroatoms. The molecule has 2 aromatic rings. The maximum absolute atomic E-state index is 12.4. The van der Waals surface area contributed by atoms with Gasteiger partial charge in [0.25, 0.3) is 5.91 Å². The van der Waals surface area contributed by atoms with Gasteiger partial charge in [0.1, 0.15) is 11.4 Å². The van der Waals surface area contributed by atoms with E-state index in [-0.39, 0.29) is 18.1 Å². The average Bonchev–Trinajstić information content (AvgIpc) is 2.93. The van der Waals surface area contributed by atoms with E-state index in [1.54, 1.807) is 25.4 Å². The highest BCUT2D eigenvalue weighted by Gasteiger charge is 2.32. The zero-order valence-electron chi connectivity index (χ0n) is 14.8. The monoisotopic (exact) mass is 338 g/mol. The second kappa shape index (κ2) is 6.59. The molecule has 1 aliphatic heterocycles. The van der Waals surface area contributed by atoms with Gasteiger partial charge in [-0.15, -0.1) is 0 Å². The van der Waals surface area contributed by atoms with Gasteiger partial charge in [0.15, 0.2) is 18.1 Å². The van der Waals surface area contributed by atoms with E-state index in [2.05, 4.69) is 11.6 Å². The van der Waals surface area contributed by atoms with Crippen LogP contribution in [-0.4, -0.2) is 30.1 Å². The lowest BCUT2D eigenvalue weighted by Crippen LogP contribution is -2.32. The maximum atomic E-state index is 12.4. The molecule has 0 saturated carbocycles. The van der Waals surface area contributed by atoms with Crippen LogP contribution in [0.5, 0.6) is 11.5 Å². The molecule has 1 aromatic carbocycles. The smallest absolute Gasteiger partial charge is 0.265 e. The maximum Gasteiger partial charge on any atom is 0.265 e. The van der Waals surface area contributed by atoms with Gasteiger partial charge in [-0.1, -0.05) is 24.8 Å². The predicted molar refractivity (Wildman–Crippen MR) is 98.1 cm³/mol. The van der Waals surface area contributed by atoms with E-state index in [0.717, 1.165) is 23.3 Å². The number of rotatable bonds is 5. The van der Waals surface area contributed by atoms with Crippen molar-refractivity contribution < 1.29 is 14.3 Å². The Morgan fingerprint density at radius 3 is 2.88 bits per heavy atom. The number of para-hydroxylation sites is 1. The standard InChI is InChI=1S/C20H22N2O3/c1-5-14-9-10-17(21-12-14)22(4)18(23)13-24-16-8-6-7-15-11-20(2,3)25-19(15)16/h5-10,12H,1,11,13H2,2-4H3. The lowest BCUT2D eigenvalue weighted by molar-refractivity contribution is -0.120. The van der Waals surface area contributed by atoms with Crippen LogP contribution in [-0.2, 0) is 11.2 Å². The number of fused-ring (bicyclic) bond motifs is 1. The topological polar surface area (TPSA) is 51.7 Å². The summed E-state index contributed by atoms with van der Waals surface area (Å²) in [4.78, 5) is 18.1. The Morgan fingerprint density at radius 1 is 1.40 bits per heavy atom. The molecule has 0 spiro atoms. The molecule has 0 unspecified atom stereocenters. The fraction of sp³-hybridized carbons (Fsp3) is 0.300. The second-order valence-corrected chi connectivity index (χ2v) is 6.68. The first-order chi connectivity index (χ1) is 11.9. The van der Waals surface area contributed by atoms with Crippen molar-refractivity contribution in [1.82, 2.24) is 4.98 Å². The highest BCUT2D eigenvalue weighted by Crippen LogP contribution is 2.41. The Bertz CT molecular complexity index is 797. The minimum absolute atomic E-state index is 0.0817. The van der Waals surface area contributed by atoms with Crippen molar-refractivity contribution in [1.29, 1.82) is 0 Å². The summed E-state index contributed by atoms with van der Waals surface area (Å²) in [6.07, 6.45) is 4.21. The zero-order chi connectivity index (χ0) is 18.0. The molecule has 0 saturated heterocycles. The summed E-state index contributed by atoms with van der Waals surface area (Å²) in [6.45, 7) is 7.68. The lowest BCUT2D eigenvalue weighted by Gasteiger charge is -2.19. The Kier molecular flexibility index (Phi) is 4.49. The number of anilines is 1. The van der Waals surface area contributed by atoms with Gasteiger partial charge in [0, 0.05) is 25.2 Å². The third-order valence-corrected chi connectivity index (χ3v) is 4.13. The minimum Gasteiger partial charge on any atom is -0.483 e. The number of likely N-dealkylation sites (N-methyl/N-ethyl adjacent to an activating group) is 1. The summed E-state index contributed by atoms with van der Waals surface area (Å²) in [7, 11) is 1.68. The number of hydrogen-bond acceptors (Lipinski definition) is 4. The van der Waals surface area contributed by atoms with Crippen LogP contribution in [0.4, 0.5) is 5.82 Å². The molecule has 1 amide bonds. The fourth-order valence-electron chi connectivity index (χ4n) is 2.78. The summed E-state index contributed by atoms with van der Waals surface area (Å²) >= 11 is 0. The van der Waals surface area contributed by atoms with Crippen molar-refractivity contribution in [2.45, 2.75) is 25.9 Å². The van der Waals surface area contributed by atoms with Crippen molar-refractivity contribution in [3.05, 3.63) is 54.2 Å². The quantitative estimate of drug-likeness (QED) is 0.837. The molecule has 5 nitrogen and oxygen atoms in total. The van der Waals surface area contributed by atoms with Gasteiger partial charge >= 0.3 is 0 Å². The molecule has 0 fully saturated rings. The van der Waals surface area contributed by atoms with Crippen LogP contribution in [0.2, 0.25) is 0 Å². The van der Waals surface area contributed by atoms with Crippen LogP contribution >= 0.6 is 0 Å². The zero-order valence-corrected chi connectivity index (χ0v) is 14.8. The SMILES string of the molecule is C=Cc1ccc(N(C)C(=O)COc2cccc3c2OC(C)(C)C3)nc1. The number of carbonyl (C=O) groups is 1. The van der Waals surface area contributed by atoms with E-state index >= 15 is 0 Å². The molecule has 2 heterocycles. The summed E-state index contributed by atoms with van der Waals surface area (Å²) in [6, 6.07) is 9.41. The molecular formula is C20H22N2O3. The third kappa shape index (κ3) is 3.65. The number of aromatic nitrogens is 1. The van der Waals surface area contributed by atoms with Gasteiger partial charge in [-0.25, -0.2) is 4.98 Å². The lowest BCUT2D eigenvalue weighted by atomic mass is 10.0. The number of hydrogen-bond donors (Lipinski definition) is 0. The summed E-state index contributed by atoms with van der Waals surface area (Å²) < 4.78 is 11.7. The highest BCUT2D eigenvalue weighted by molar-refractivity contribution is 5.93. The van der Waals surface area contributed by atoms with Gasteiger partial charge in [-0.3, -0.25) is 9.69 Å². The number of benzene rings is 1. The van der Waals surface area contributed by atoms with Crippen LogP contribution in [0, 0.1) is 0 Å². The summed E-state index contributed by atoms with van der Waals surface area (Å²) in [5.41, 5.74) is 1.75. The normalized spacial score (nSPS) is 14.4. The van der Waals surface area contributed by atoms with E-state index in [1.807, 2.05) is 38.1 Å². The minimum atomic E-state index is -0.251. The van der Waals surface area contributed by atoms with Gasteiger partial charge in [0.05, 0.1) is 0 Å². The van der Waals surface area contributed by atoms with E-state index in [4.69, 9.17) is 9.47 Å². The van der Waals surface area contributed by atoms with Gasteiger partial charge in [0.2, 0.25) is 0 Å².